The minimum Gasteiger partial charge on any atom is -0.481 e. The van der Waals surface area contributed by atoms with Gasteiger partial charge in [-0.3, -0.25) is 4.79 Å². The van der Waals surface area contributed by atoms with Gasteiger partial charge in [0.25, 0.3) is 0 Å². The van der Waals surface area contributed by atoms with Crippen molar-refractivity contribution < 1.29 is 14.3 Å². The number of imidazole rings is 1. The number of nitrogens with zero attached hydrogens (tertiary/aromatic N) is 1. The molecule has 0 spiro atoms. The number of hydrogen-bond donors (Lipinski definition) is 2. The SMILES string of the molecule is O=C(O)CCCCc1nc2ccc(F)cc2[nH]1. The fourth-order valence-corrected chi connectivity index (χ4v) is 1.72. The molecule has 0 aliphatic rings. The van der Waals surface area contributed by atoms with E-state index in [2.05, 4.69) is 9.97 Å². The molecule has 0 saturated carbocycles. The molecule has 0 atom stereocenters. The van der Waals surface area contributed by atoms with Crippen LogP contribution in [0, 0.1) is 5.82 Å². The number of H-pyrrole nitrogens is 1. The van der Waals surface area contributed by atoms with E-state index in [4.69, 9.17) is 5.11 Å². The molecular formula is C12H13FN2O2. The first-order valence-corrected chi connectivity index (χ1v) is 5.51. The summed E-state index contributed by atoms with van der Waals surface area (Å²) in [5, 5.41) is 8.49. The normalized spacial score (nSPS) is 10.9. The lowest BCUT2D eigenvalue weighted by Gasteiger charge is -1.95. The van der Waals surface area contributed by atoms with Crippen LogP contribution in [-0.4, -0.2) is 21.0 Å². The van der Waals surface area contributed by atoms with Crippen molar-refractivity contribution in [2.75, 3.05) is 0 Å². The van der Waals surface area contributed by atoms with E-state index >= 15 is 0 Å². The lowest BCUT2D eigenvalue weighted by atomic mass is 10.2. The minimum atomic E-state index is -0.781. The molecule has 0 unspecified atom stereocenters. The molecule has 2 aromatic rings. The predicted molar refractivity (Wildman–Crippen MR) is 61.2 cm³/mol. The third-order valence-electron chi connectivity index (χ3n) is 2.55. The van der Waals surface area contributed by atoms with Gasteiger partial charge in [-0.25, -0.2) is 9.37 Å². The number of benzene rings is 1. The summed E-state index contributed by atoms with van der Waals surface area (Å²) in [6, 6.07) is 4.41. The van der Waals surface area contributed by atoms with Crippen LogP contribution in [0.15, 0.2) is 18.2 Å². The second-order valence-corrected chi connectivity index (χ2v) is 3.95. The van der Waals surface area contributed by atoms with Gasteiger partial charge < -0.3 is 10.1 Å². The number of rotatable bonds is 5. The zero-order chi connectivity index (χ0) is 12.3. The number of aliphatic carboxylic acids is 1. The summed E-state index contributed by atoms with van der Waals surface area (Å²) in [4.78, 5) is 17.7. The van der Waals surface area contributed by atoms with E-state index < -0.39 is 5.97 Å². The summed E-state index contributed by atoms with van der Waals surface area (Å²) in [7, 11) is 0. The first kappa shape index (κ1) is 11.6. The van der Waals surface area contributed by atoms with Crippen LogP contribution in [0.4, 0.5) is 4.39 Å². The number of carboxylic acid groups (broad SMARTS) is 1. The van der Waals surface area contributed by atoms with E-state index in [1.807, 2.05) is 0 Å². The van der Waals surface area contributed by atoms with Gasteiger partial charge in [0.05, 0.1) is 11.0 Å². The second kappa shape index (κ2) is 4.95. The highest BCUT2D eigenvalue weighted by molar-refractivity contribution is 5.74. The van der Waals surface area contributed by atoms with Gasteiger partial charge in [0, 0.05) is 12.8 Å². The van der Waals surface area contributed by atoms with E-state index in [1.54, 1.807) is 6.07 Å². The van der Waals surface area contributed by atoms with Crippen LogP contribution in [0.5, 0.6) is 0 Å². The number of aromatic amines is 1. The average molecular weight is 236 g/mol. The molecular weight excluding hydrogens is 223 g/mol. The van der Waals surface area contributed by atoms with E-state index in [0.717, 1.165) is 17.8 Å². The maximum absolute atomic E-state index is 12.9. The Bertz CT molecular complexity index is 536. The minimum absolute atomic E-state index is 0.175. The summed E-state index contributed by atoms with van der Waals surface area (Å²) in [6.07, 6.45) is 2.24. The van der Waals surface area contributed by atoms with Crippen molar-refractivity contribution in [2.45, 2.75) is 25.7 Å². The van der Waals surface area contributed by atoms with E-state index in [1.165, 1.54) is 12.1 Å². The number of nitrogens with one attached hydrogen (secondary N) is 1. The molecule has 5 heteroatoms. The van der Waals surface area contributed by atoms with Crippen LogP contribution in [-0.2, 0) is 11.2 Å². The number of aromatic nitrogens is 2. The Hall–Kier alpha value is -1.91. The summed E-state index contributed by atoms with van der Waals surface area (Å²) in [5.41, 5.74) is 1.41. The van der Waals surface area contributed by atoms with Crippen molar-refractivity contribution in [3.05, 3.63) is 29.8 Å². The number of aryl methyl sites for hydroxylation is 1. The highest BCUT2D eigenvalue weighted by atomic mass is 19.1. The van der Waals surface area contributed by atoms with E-state index in [-0.39, 0.29) is 12.2 Å². The van der Waals surface area contributed by atoms with Crippen molar-refractivity contribution in [3.8, 4) is 0 Å². The Morgan fingerprint density at radius 2 is 2.24 bits per heavy atom. The second-order valence-electron chi connectivity index (χ2n) is 3.95. The van der Waals surface area contributed by atoms with Gasteiger partial charge in [-0.15, -0.1) is 0 Å². The Morgan fingerprint density at radius 3 is 3.00 bits per heavy atom. The maximum Gasteiger partial charge on any atom is 0.303 e. The lowest BCUT2D eigenvalue weighted by molar-refractivity contribution is -0.137. The van der Waals surface area contributed by atoms with Gasteiger partial charge in [0.2, 0.25) is 0 Å². The number of carboxylic acids is 1. The van der Waals surface area contributed by atoms with Crippen LogP contribution in [0.1, 0.15) is 25.1 Å². The third-order valence-corrected chi connectivity index (χ3v) is 2.55. The molecule has 4 nitrogen and oxygen atoms in total. The van der Waals surface area contributed by atoms with Crippen molar-refractivity contribution in [2.24, 2.45) is 0 Å². The molecule has 1 heterocycles. The van der Waals surface area contributed by atoms with Gasteiger partial charge in [0.1, 0.15) is 11.6 Å². The summed E-state index contributed by atoms with van der Waals surface area (Å²) in [6.45, 7) is 0. The van der Waals surface area contributed by atoms with E-state index in [0.29, 0.717) is 18.4 Å². The van der Waals surface area contributed by atoms with Gasteiger partial charge in [0.15, 0.2) is 0 Å². The number of halogens is 1. The number of fused-ring (bicyclic) bond motifs is 1. The molecule has 0 aliphatic heterocycles. The standard InChI is InChI=1S/C12H13FN2O2/c13-8-5-6-9-10(7-8)15-11(14-9)3-1-2-4-12(16)17/h5-7H,1-4H2,(H,14,15)(H,16,17). The van der Waals surface area contributed by atoms with Gasteiger partial charge in [-0.1, -0.05) is 0 Å². The van der Waals surface area contributed by atoms with E-state index in [9.17, 15) is 9.18 Å². The third kappa shape index (κ3) is 3.03. The Kier molecular flexibility index (Phi) is 3.37. The van der Waals surface area contributed by atoms with Gasteiger partial charge >= 0.3 is 5.97 Å². The first-order valence-electron chi connectivity index (χ1n) is 5.51. The largest absolute Gasteiger partial charge is 0.481 e. The molecule has 0 saturated heterocycles. The smallest absolute Gasteiger partial charge is 0.303 e. The van der Waals surface area contributed by atoms with Gasteiger partial charge in [-0.2, -0.15) is 0 Å². The van der Waals surface area contributed by atoms with Gasteiger partial charge in [-0.05, 0) is 31.0 Å². The zero-order valence-electron chi connectivity index (χ0n) is 9.24. The molecule has 2 rings (SSSR count). The quantitative estimate of drug-likeness (QED) is 0.784. The molecule has 0 radical (unpaired) electrons. The maximum atomic E-state index is 12.9. The number of carbonyl (C=O) groups is 1. The molecule has 0 bridgehead atoms. The molecule has 1 aromatic carbocycles. The fourth-order valence-electron chi connectivity index (χ4n) is 1.72. The van der Waals surface area contributed by atoms with Crippen molar-refractivity contribution in [3.63, 3.8) is 0 Å². The molecule has 17 heavy (non-hydrogen) atoms. The molecule has 1 aromatic heterocycles. The number of unbranched alkanes of at least 4 members (excludes halogenated alkanes) is 1. The van der Waals surface area contributed by atoms with Crippen LogP contribution in [0.25, 0.3) is 11.0 Å². The van der Waals surface area contributed by atoms with Crippen LogP contribution in [0.3, 0.4) is 0 Å². The Labute approximate surface area is 97.5 Å². The van der Waals surface area contributed by atoms with Crippen molar-refractivity contribution >= 4 is 17.0 Å². The van der Waals surface area contributed by atoms with Crippen LogP contribution in [0.2, 0.25) is 0 Å². The summed E-state index contributed by atoms with van der Waals surface area (Å²) >= 11 is 0. The first-order chi connectivity index (χ1) is 8.15. The average Bonchev–Trinajstić information content (AvgIpc) is 2.66. The van der Waals surface area contributed by atoms with Crippen molar-refractivity contribution in [1.29, 1.82) is 0 Å². The zero-order valence-corrected chi connectivity index (χ0v) is 9.24. The van der Waals surface area contributed by atoms with Crippen LogP contribution < -0.4 is 0 Å². The molecule has 0 amide bonds. The monoisotopic (exact) mass is 236 g/mol. The summed E-state index contributed by atoms with van der Waals surface area (Å²) in [5.74, 6) is -0.300. The number of hydrogen-bond acceptors (Lipinski definition) is 2. The van der Waals surface area contributed by atoms with Crippen LogP contribution >= 0.6 is 0 Å². The lowest BCUT2D eigenvalue weighted by Crippen LogP contribution is -1.95. The Balaban J connectivity index is 1.97. The highest BCUT2D eigenvalue weighted by Gasteiger charge is 2.04. The summed E-state index contributed by atoms with van der Waals surface area (Å²) < 4.78 is 12.9. The topological polar surface area (TPSA) is 66.0 Å². The Morgan fingerprint density at radius 1 is 1.41 bits per heavy atom. The fraction of sp³-hybridized carbons (Fsp3) is 0.333. The molecule has 2 N–H and O–H groups in total. The highest BCUT2D eigenvalue weighted by Crippen LogP contribution is 2.14. The molecule has 0 aliphatic carbocycles. The molecule has 90 valence electrons. The van der Waals surface area contributed by atoms with Crippen molar-refractivity contribution in [1.82, 2.24) is 9.97 Å². The molecule has 0 fully saturated rings. The predicted octanol–water partition coefficient (Wildman–Crippen LogP) is 2.50.